The maximum atomic E-state index is 5.31. The fraction of sp³-hybridized carbons (Fsp3) is 0.455. The predicted molar refractivity (Wildman–Crippen MR) is 62.3 cm³/mol. The average Bonchev–Trinajstić information content (AvgIpc) is 2.96. The van der Waals surface area contributed by atoms with E-state index in [0.29, 0.717) is 5.82 Å². The van der Waals surface area contributed by atoms with Crippen LogP contribution in [0.1, 0.15) is 30.3 Å². The second-order valence-electron chi connectivity index (χ2n) is 4.07. The molecule has 0 saturated carbocycles. The molecule has 0 aliphatic carbocycles. The van der Waals surface area contributed by atoms with Crippen LogP contribution in [0, 0.1) is 6.92 Å². The average molecular weight is 235 g/mol. The van der Waals surface area contributed by atoms with Gasteiger partial charge in [0.05, 0.1) is 6.04 Å². The van der Waals surface area contributed by atoms with Crippen LogP contribution >= 0.6 is 11.3 Å². The molecule has 0 amide bonds. The molecule has 2 aromatic heterocycles. The van der Waals surface area contributed by atoms with Crippen LogP contribution in [-0.2, 0) is 0 Å². The third kappa shape index (κ3) is 1.66. The number of thiophene rings is 1. The Hall–Kier alpha value is -1.20. The van der Waals surface area contributed by atoms with Gasteiger partial charge in [-0.05, 0) is 37.3 Å². The Bertz CT molecular complexity index is 485. The van der Waals surface area contributed by atoms with Crippen molar-refractivity contribution < 1.29 is 4.52 Å². The number of hydrogen-bond donors (Lipinski definition) is 1. The number of aryl methyl sites for hydroxylation is 1. The number of nitrogens with one attached hydrogen (secondary N) is 1. The summed E-state index contributed by atoms with van der Waals surface area (Å²) in [6.45, 7) is 3.11. The summed E-state index contributed by atoms with van der Waals surface area (Å²) in [4.78, 5) is 4.46. The van der Waals surface area contributed by atoms with Crippen molar-refractivity contribution >= 4 is 11.3 Å². The van der Waals surface area contributed by atoms with Gasteiger partial charge in [-0.25, -0.2) is 0 Å². The van der Waals surface area contributed by atoms with Gasteiger partial charge in [0.15, 0.2) is 0 Å². The van der Waals surface area contributed by atoms with Gasteiger partial charge in [-0.15, -0.1) is 0 Å². The molecule has 3 rings (SSSR count). The van der Waals surface area contributed by atoms with Crippen LogP contribution in [0.3, 0.4) is 0 Å². The Kier molecular flexibility index (Phi) is 2.49. The highest BCUT2D eigenvalue weighted by atomic mass is 32.1. The molecule has 1 aliphatic heterocycles. The van der Waals surface area contributed by atoms with Crippen molar-refractivity contribution in [1.82, 2.24) is 15.5 Å². The van der Waals surface area contributed by atoms with Crippen LogP contribution in [0.25, 0.3) is 11.4 Å². The van der Waals surface area contributed by atoms with E-state index in [2.05, 4.69) is 33.1 Å². The minimum atomic E-state index is 0.250. The molecule has 1 atom stereocenters. The third-order valence-electron chi connectivity index (χ3n) is 2.90. The Morgan fingerprint density at radius 3 is 3.12 bits per heavy atom. The van der Waals surface area contributed by atoms with Gasteiger partial charge in [0.25, 0.3) is 0 Å². The highest BCUT2D eigenvalue weighted by Gasteiger charge is 2.23. The molecule has 0 bridgehead atoms. The van der Waals surface area contributed by atoms with E-state index in [1.54, 1.807) is 11.3 Å². The largest absolute Gasteiger partial charge is 0.337 e. The van der Waals surface area contributed by atoms with Crippen LogP contribution in [0.15, 0.2) is 15.3 Å². The Labute approximate surface area is 97.7 Å². The predicted octanol–water partition coefficient (Wildman–Crippen LogP) is 2.53. The molecule has 16 heavy (non-hydrogen) atoms. The first-order chi connectivity index (χ1) is 7.84. The van der Waals surface area contributed by atoms with E-state index in [4.69, 9.17) is 4.52 Å². The van der Waals surface area contributed by atoms with Crippen LogP contribution < -0.4 is 5.32 Å². The number of rotatable bonds is 2. The molecule has 1 N–H and O–H groups in total. The molecule has 0 radical (unpaired) electrons. The number of hydrogen-bond acceptors (Lipinski definition) is 5. The highest BCUT2D eigenvalue weighted by molar-refractivity contribution is 7.08. The zero-order chi connectivity index (χ0) is 11.0. The van der Waals surface area contributed by atoms with Gasteiger partial charge >= 0.3 is 0 Å². The quantitative estimate of drug-likeness (QED) is 0.869. The van der Waals surface area contributed by atoms with Gasteiger partial charge < -0.3 is 9.84 Å². The molecule has 2 aromatic rings. The maximum Gasteiger partial charge on any atom is 0.244 e. The minimum Gasteiger partial charge on any atom is -0.337 e. The van der Waals surface area contributed by atoms with Crippen molar-refractivity contribution in [3.63, 3.8) is 0 Å². The third-order valence-corrected chi connectivity index (χ3v) is 3.76. The molecule has 1 fully saturated rings. The first kappa shape index (κ1) is 9.99. The van der Waals surface area contributed by atoms with E-state index in [0.717, 1.165) is 24.4 Å². The zero-order valence-electron chi connectivity index (χ0n) is 9.06. The van der Waals surface area contributed by atoms with Crippen molar-refractivity contribution in [3.8, 4) is 11.4 Å². The molecule has 4 nitrogen and oxygen atoms in total. The summed E-state index contributed by atoms with van der Waals surface area (Å²) in [7, 11) is 0. The lowest BCUT2D eigenvalue weighted by molar-refractivity contribution is 0.345. The highest BCUT2D eigenvalue weighted by Crippen LogP contribution is 2.27. The fourth-order valence-corrected chi connectivity index (χ4v) is 2.80. The van der Waals surface area contributed by atoms with Crippen LogP contribution in [0.4, 0.5) is 0 Å². The summed E-state index contributed by atoms with van der Waals surface area (Å²) in [6, 6.07) is 0.250. The SMILES string of the molecule is Cc1cscc1-c1noc([C@H]2CCCN2)n1. The molecule has 3 heterocycles. The van der Waals surface area contributed by atoms with E-state index in [-0.39, 0.29) is 6.04 Å². The van der Waals surface area contributed by atoms with Crippen molar-refractivity contribution in [2.75, 3.05) is 6.54 Å². The van der Waals surface area contributed by atoms with E-state index >= 15 is 0 Å². The standard InChI is InChI=1S/C11H13N3OS/c1-7-5-16-6-8(7)10-13-11(15-14-10)9-3-2-4-12-9/h5-6,9,12H,2-4H2,1H3/t9-/m1/s1. The molecule has 5 heteroatoms. The summed E-state index contributed by atoms with van der Waals surface area (Å²) >= 11 is 1.67. The van der Waals surface area contributed by atoms with Gasteiger partial charge in [0, 0.05) is 10.9 Å². The lowest BCUT2D eigenvalue weighted by atomic mass is 10.2. The van der Waals surface area contributed by atoms with E-state index in [1.165, 1.54) is 12.0 Å². The second-order valence-corrected chi connectivity index (χ2v) is 4.82. The lowest BCUT2D eigenvalue weighted by Crippen LogP contribution is -2.12. The molecule has 1 aliphatic rings. The normalized spacial score (nSPS) is 20.4. The Morgan fingerprint density at radius 2 is 2.44 bits per heavy atom. The van der Waals surface area contributed by atoms with Gasteiger partial charge in [-0.3, -0.25) is 0 Å². The number of aromatic nitrogens is 2. The smallest absolute Gasteiger partial charge is 0.244 e. The maximum absolute atomic E-state index is 5.31. The summed E-state index contributed by atoms with van der Waals surface area (Å²) in [6.07, 6.45) is 2.27. The lowest BCUT2D eigenvalue weighted by Gasteiger charge is -2.01. The molecular formula is C11H13N3OS. The van der Waals surface area contributed by atoms with E-state index in [9.17, 15) is 0 Å². The minimum absolute atomic E-state index is 0.250. The monoisotopic (exact) mass is 235 g/mol. The Morgan fingerprint density at radius 1 is 1.50 bits per heavy atom. The van der Waals surface area contributed by atoms with Gasteiger partial charge in [-0.1, -0.05) is 5.16 Å². The molecule has 0 aromatic carbocycles. The molecule has 0 spiro atoms. The van der Waals surface area contributed by atoms with Gasteiger partial charge in [0.1, 0.15) is 0 Å². The summed E-state index contributed by atoms with van der Waals surface area (Å²) in [5.41, 5.74) is 2.29. The topological polar surface area (TPSA) is 51.0 Å². The number of nitrogens with zero attached hydrogens (tertiary/aromatic N) is 2. The second kappa shape index (κ2) is 3.99. The van der Waals surface area contributed by atoms with Crippen LogP contribution in [0.5, 0.6) is 0 Å². The summed E-state index contributed by atoms with van der Waals surface area (Å²) in [5, 5.41) is 11.6. The van der Waals surface area contributed by atoms with E-state index in [1.807, 2.05) is 0 Å². The van der Waals surface area contributed by atoms with E-state index < -0.39 is 0 Å². The Balaban J connectivity index is 1.90. The summed E-state index contributed by atoms with van der Waals surface area (Å²) < 4.78 is 5.31. The molecule has 0 unspecified atom stereocenters. The first-order valence-corrected chi connectivity index (χ1v) is 6.39. The van der Waals surface area contributed by atoms with Crippen molar-refractivity contribution in [2.45, 2.75) is 25.8 Å². The fourth-order valence-electron chi connectivity index (χ4n) is 1.97. The van der Waals surface area contributed by atoms with Crippen molar-refractivity contribution in [3.05, 3.63) is 22.2 Å². The molecular weight excluding hydrogens is 222 g/mol. The van der Waals surface area contributed by atoms with Crippen molar-refractivity contribution in [1.29, 1.82) is 0 Å². The first-order valence-electron chi connectivity index (χ1n) is 5.45. The van der Waals surface area contributed by atoms with Crippen molar-refractivity contribution in [2.24, 2.45) is 0 Å². The van der Waals surface area contributed by atoms with Crippen LogP contribution in [0.2, 0.25) is 0 Å². The van der Waals surface area contributed by atoms with Crippen LogP contribution in [-0.4, -0.2) is 16.7 Å². The van der Waals surface area contributed by atoms with Gasteiger partial charge in [-0.2, -0.15) is 16.3 Å². The van der Waals surface area contributed by atoms with Gasteiger partial charge in [0.2, 0.25) is 11.7 Å². The zero-order valence-corrected chi connectivity index (χ0v) is 9.88. The molecule has 84 valence electrons. The molecule has 1 saturated heterocycles. The summed E-state index contributed by atoms with van der Waals surface area (Å²) in [5.74, 6) is 1.43.